The molecule has 2 amide bonds. The summed E-state index contributed by atoms with van der Waals surface area (Å²) in [5, 5.41) is 2.83. The molecule has 176 valence electrons. The number of hydrogen-bond donors (Lipinski definition) is 0. The number of aryl methyl sites for hydroxylation is 2. The Labute approximate surface area is 216 Å². The largest absolute Gasteiger partial charge is 0.331 e. The first kappa shape index (κ1) is 23.6. The quantitative estimate of drug-likeness (QED) is 0.270. The first-order valence-electron chi connectivity index (χ1n) is 11.1. The standard InChI is InChI=1S/C26H24Cl2N2O2S2/c1-13-5-7-17-19(9-13)33-23(21(17)27)25(31)29-11-16(4)30(12-15(29)3)26(32)24-22(28)18-8-6-14(2)10-20(18)34-24/h5-10,15-16H,11-12H2,1-4H3/t15-,16-/m1/s1. The van der Waals surface area contributed by atoms with Gasteiger partial charge >= 0.3 is 0 Å². The van der Waals surface area contributed by atoms with E-state index >= 15 is 0 Å². The molecule has 8 heteroatoms. The monoisotopic (exact) mass is 530 g/mol. The Hall–Kier alpha value is -2.12. The Kier molecular flexibility index (Phi) is 6.13. The highest BCUT2D eigenvalue weighted by atomic mass is 35.5. The molecule has 0 saturated carbocycles. The van der Waals surface area contributed by atoms with Crippen LogP contribution in [0, 0.1) is 13.8 Å². The van der Waals surface area contributed by atoms with Crippen molar-refractivity contribution in [2.75, 3.05) is 13.1 Å². The molecule has 1 saturated heterocycles. The van der Waals surface area contributed by atoms with Gasteiger partial charge in [-0.1, -0.05) is 47.5 Å². The van der Waals surface area contributed by atoms with Gasteiger partial charge in [0.15, 0.2) is 0 Å². The summed E-state index contributed by atoms with van der Waals surface area (Å²) in [5.74, 6) is -0.156. The van der Waals surface area contributed by atoms with Crippen molar-refractivity contribution in [3.8, 4) is 0 Å². The maximum atomic E-state index is 13.5. The highest BCUT2D eigenvalue weighted by Crippen LogP contribution is 2.39. The summed E-state index contributed by atoms with van der Waals surface area (Å²) < 4.78 is 2.02. The number of carbonyl (C=O) groups is 2. The predicted octanol–water partition coefficient (Wildman–Crippen LogP) is 7.41. The second kappa shape index (κ2) is 8.83. The molecule has 0 unspecified atom stereocenters. The number of rotatable bonds is 2. The molecule has 2 atom stereocenters. The van der Waals surface area contributed by atoms with Crippen LogP contribution in [0.25, 0.3) is 20.2 Å². The van der Waals surface area contributed by atoms with Gasteiger partial charge in [0, 0.05) is 45.3 Å². The lowest BCUT2D eigenvalue weighted by Gasteiger charge is -2.44. The van der Waals surface area contributed by atoms with Crippen molar-refractivity contribution in [1.82, 2.24) is 9.80 Å². The second-order valence-electron chi connectivity index (χ2n) is 9.10. The van der Waals surface area contributed by atoms with Gasteiger partial charge in [-0.05, 0) is 51.0 Å². The molecule has 0 N–H and O–H groups in total. The number of halogens is 2. The van der Waals surface area contributed by atoms with Gasteiger partial charge in [0.05, 0.1) is 10.0 Å². The summed E-state index contributed by atoms with van der Waals surface area (Å²) in [5.41, 5.74) is 2.27. The topological polar surface area (TPSA) is 40.6 Å². The Morgan fingerprint density at radius 3 is 1.53 bits per heavy atom. The van der Waals surface area contributed by atoms with E-state index in [9.17, 15) is 9.59 Å². The molecule has 4 nitrogen and oxygen atoms in total. The number of thiophene rings is 2. The number of fused-ring (bicyclic) bond motifs is 2. The third kappa shape index (κ3) is 3.91. The first-order chi connectivity index (χ1) is 16.2. The maximum Gasteiger partial charge on any atom is 0.265 e. The van der Waals surface area contributed by atoms with E-state index in [4.69, 9.17) is 23.2 Å². The molecular weight excluding hydrogens is 507 g/mol. The van der Waals surface area contributed by atoms with Gasteiger partial charge in [0.2, 0.25) is 0 Å². The Balaban J connectivity index is 1.40. The molecule has 5 rings (SSSR count). The van der Waals surface area contributed by atoms with E-state index in [1.54, 1.807) is 0 Å². The number of hydrogen-bond acceptors (Lipinski definition) is 4. The smallest absolute Gasteiger partial charge is 0.265 e. The average Bonchev–Trinajstić information content (AvgIpc) is 3.30. The van der Waals surface area contributed by atoms with Gasteiger partial charge in [0.1, 0.15) is 9.75 Å². The van der Waals surface area contributed by atoms with Gasteiger partial charge in [-0.2, -0.15) is 0 Å². The van der Waals surface area contributed by atoms with E-state index in [1.165, 1.54) is 22.7 Å². The fourth-order valence-electron chi connectivity index (χ4n) is 4.57. The van der Waals surface area contributed by atoms with E-state index < -0.39 is 0 Å². The van der Waals surface area contributed by atoms with Crippen LogP contribution in [-0.4, -0.2) is 46.8 Å². The molecule has 1 aliphatic rings. The van der Waals surface area contributed by atoms with Gasteiger partial charge in [-0.15, -0.1) is 22.7 Å². The van der Waals surface area contributed by atoms with Gasteiger partial charge in [-0.3, -0.25) is 9.59 Å². The van der Waals surface area contributed by atoms with Crippen molar-refractivity contribution >= 4 is 77.9 Å². The highest BCUT2D eigenvalue weighted by molar-refractivity contribution is 7.22. The number of piperazine rings is 1. The summed E-state index contributed by atoms with van der Waals surface area (Å²) in [6.45, 7) is 8.89. The van der Waals surface area contributed by atoms with Crippen LogP contribution in [-0.2, 0) is 0 Å². The minimum atomic E-state index is -0.147. The van der Waals surface area contributed by atoms with Crippen LogP contribution in [0.15, 0.2) is 36.4 Å². The van der Waals surface area contributed by atoms with Crippen LogP contribution in [0.2, 0.25) is 10.0 Å². The number of amides is 2. The van der Waals surface area contributed by atoms with Crippen LogP contribution in [0.4, 0.5) is 0 Å². The van der Waals surface area contributed by atoms with Crippen LogP contribution in [0.3, 0.4) is 0 Å². The van der Waals surface area contributed by atoms with E-state index in [0.29, 0.717) is 32.9 Å². The van der Waals surface area contributed by atoms with Crippen molar-refractivity contribution in [1.29, 1.82) is 0 Å². The predicted molar refractivity (Wildman–Crippen MR) is 144 cm³/mol. The van der Waals surface area contributed by atoms with Crippen LogP contribution < -0.4 is 0 Å². The van der Waals surface area contributed by atoms with E-state index in [-0.39, 0.29) is 23.9 Å². The molecule has 1 fully saturated rings. The van der Waals surface area contributed by atoms with Crippen molar-refractivity contribution in [3.05, 3.63) is 67.3 Å². The zero-order valence-corrected chi connectivity index (χ0v) is 22.5. The fraction of sp³-hybridized carbons (Fsp3) is 0.308. The molecule has 2 aromatic carbocycles. The average molecular weight is 532 g/mol. The first-order valence-corrected chi connectivity index (χ1v) is 13.5. The van der Waals surface area contributed by atoms with Gasteiger partial charge in [-0.25, -0.2) is 0 Å². The SMILES string of the molecule is Cc1ccc2c(Cl)c(C(=O)N3C[C@@H](C)N(C(=O)c4sc5cc(C)ccc5c4Cl)C[C@H]3C)sc2c1. The normalized spacial score (nSPS) is 18.8. The van der Waals surface area contributed by atoms with Crippen molar-refractivity contribution in [3.63, 3.8) is 0 Å². The summed E-state index contributed by atoms with van der Waals surface area (Å²) >= 11 is 16.1. The van der Waals surface area contributed by atoms with Crippen LogP contribution in [0.1, 0.15) is 44.3 Å². The summed E-state index contributed by atoms with van der Waals surface area (Å²) in [7, 11) is 0. The van der Waals surface area contributed by atoms with Crippen LogP contribution in [0.5, 0.6) is 0 Å². The molecule has 0 radical (unpaired) electrons. The zero-order chi connectivity index (χ0) is 24.3. The molecule has 4 aromatic rings. The lowest BCUT2D eigenvalue weighted by Crippen LogP contribution is -2.59. The zero-order valence-electron chi connectivity index (χ0n) is 19.3. The van der Waals surface area contributed by atoms with Gasteiger partial charge in [0.25, 0.3) is 11.8 Å². The van der Waals surface area contributed by atoms with E-state index in [0.717, 1.165) is 31.3 Å². The lowest BCUT2D eigenvalue weighted by atomic mass is 10.1. The molecule has 34 heavy (non-hydrogen) atoms. The lowest BCUT2D eigenvalue weighted by molar-refractivity contribution is 0.0275. The highest BCUT2D eigenvalue weighted by Gasteiger charge is 2.37. The van der Waals surface area contributed by atoms with E-state index in [2.05, 4.69) is 12.1 Å². The fourth-order valence-corrected chi connectivity index (χ4v) is 7.71. The molecule has 2 aromatic heterocycles. The second-order valence-corrected chi connectivity index (χ2v) is 12.0. The number of nitrogens with zero attached hydrogens (tertiary/aromatic N) is 2. The van der Waals surface area contributed by atoms with Gasteiger partial charge < -0.3 is 9.80 Å². The Morgan fingerprint density at radius 2 is 1.15 bits per heavy atom. The molecular formula is C26H24Cl2N2O2S2. The summed E-state index contributed by atoms with van der Waals surface area (Å²) in [6.07, 6.45) is 0. The Bertz CT molecular complexity index is 1350. The van der Waals surface area contributed by atoms with Crippen molar-refractivity contribution < 1.29 is 9.59 Å². The van der Waals surface area contributed by atoms with Crippen molar-refractivity contribution in [2.24, 2.45) is 0 Å². The number of carbonyl (C=O) groups excluding carboxylic acids is 2. The third-order valence-corrected chi connectivity index (χ3v) is 9.76. The number of benzene rings is 2. The molecule has 0 spiro atoms. The van der Waals surface area contributed by atoms with Crippen molar-refractivity contribution in [2.45, 2.75) is 39.8 Å². The minimum Gasteiger partial charge on any atom is -0.331 e. The van der Waals surface area contributed by atoms with Crippen LogP contribution >= 0.6 is 45.9 Å². The summed E-state index contributed by atoms with van der Waals surface area (Å²) in [4.78, 5) is 31.8. The Morgan fingerprint density at radius 1 is 0.765 bits per heavy atom. The van der Waals surface area contributed by atoms with E-state index in [1.807, 2.05) is 61.8 Å². The minimum absolute atomic E-state index is 0.0781. The maximum absolute atomic E-state index is 13.5. The molecule has 0 aliphatic carbocycles. The molecule has 1 aliphatic heterocycles. The summed E-state index contributed by atoms with van der Waals surface area (Å²) in [6, 6.07) is 11.8. The third-order valence-electron chi connectivity index (χ3n) is 6.47. The molecule has 0 bridgehead atoms. The molecule has 3 heterocycles.